The molecule has 5 rings (SSSR count). The lowest BCUT2D eigenvalue weighted by atomic mass is 9.74. The van der Waals surface area contributed by atoms with Gasteiger partial charge in [-0.15, -0.1) is 0 Å². The average Bonchev–Trinajstić information content (AvgIpc) is 3.19. The lowest BCUT2D eigenvalue weighted by Gasteiger charge is -2.46. The number of benzene rings is 2. The summed E-state index contributed by atoms with van der Waals surface area (Å²) in [6, 6.07) is 15.5. The highest BCUT2D eigenvalue weighted by Gasteiger charge is 2.41. The molecule has 1 saturated heterocycles. The molecule has 1 unspecified atom stereocenters. The van der Waals surface area contributed by atoms with E-state index < -0.39 is 0 Å². The van der Waals surface area contributed by atoms with E-state index in [4.69, 9.17) is 4.74 Å². The summed E-state index contributed by atoms with van der Waals surface area (Å²) in [5.74, 6) is 1.28. The highest BCUT2D eigenvalue weighted by molar-refractivity contribution is 7.99. The van der Waals surface area contributed by atoms with Gasteiger partial charge in [-0.25, -0.2) is 4.79 Å². The van der Waals surface area contributed by atoms with Crippen LogP contribution in [-0.4, -0.2) is 66.7 Å². The molecule has 0 saturated carbocycles. The number of carbonyl (C=O) groups excluding carboxylic acids is 1. The zero-order chi connectivity index (χ0) is 23.8. The third kappa shape index (κ3) is 4.16. The second-order valence-electron chi connectivity index (χ2n) is 9.35. The molecule has 1 aromatic heterocycles. The average molecular weight is 479 g/mol. The predicted octanol–water partition coefficient (Wildman–Crippen LogP) is 5.09. The number of aromatic amines is 1. The Balaban J connectivity index is 1.44. The van der Waals surface area contributed by atoms with Crippen molar-refractivity contribution in [2.75, 3.05) is 33.8 Å². The number of rotatable bonds is 6. The van der Waals surface area contributed by atoms with Crippen molar-refractivity contribution in [3.8, 4) is 5.75 Å². The molecule has 2 heterocycles. The summed E-state index contributed by atoms with van der Waals surface area (Å²) in [6.45, 7) is 6.41. The molecule has 2 N–H and O–H groups in total. The Morgan fingerprint density at radius 2 is 1.97 bits per heavy atom. The van der Waals surface area contributed by atoms with E-state index in [-0.39, 0.29) is 12.1 Å². The van der Waals surface area contributed by atoms with E-state index in [0.29, 0.717) is 12.0 Å². The van der Waals surface area contributed by atoms with Crippen LogP contribution in [0.25, 0.3) is 10.9 Å². The van der Waals surface area contributed by atoms with Gasteiger partial charge in [-0.1, -0.05) is 23.9 Å². The van der Waals surface area contributed by atoms with Crippen molar-refractivity contribution in [1.82, 2.24) is 20.1 Å². The molecule has 34 heavy (non-hydrogen) atoms. The number of hydrogen-bond donors (Lipinski definition) is 2. The Hall–Kier alpha value is -2.64. The minimum absolute atomic E-state index is 0.0522. The number of aromatic nitrogens is 1. The van der Waals surface area contributed by atoms with Crippen molar-refractivity contribution >= 4 is 28.7 Å². The highest BCUT2D eigenvalue weighted by atomic mass is 32.2. The summed E-state index contributed by atoms with van der Waals surface area (Å²) < 4.78 is 5.32. The Labute approximate surface area is 206 Å². The molecule has 3 aromatic rings. The van der Waals surface area contributed by atoms with E-state index in [1.54, 1.807) is 18.9 Å². The summed E-state index contributed by atoms with van der Waals surface area (Å²) in [6.07, 6.45) is 2.00. The first-order chi connectivity index (χ1) is 16.5. The molecule has 0 spiro atoms. The normalized spacial score (nSPS) is 21.8. The summed E-state index contributed by atoms with van der Waals surface area (Å²) in [5.41, 5.74) is 4.04. The van der Waals surface area contributed by atoms with Gasteiger partial charge in [0.1, 0.15) is 5.75 Å². The number of amides is 2. The van der Waals surface area contributed by atoms with Crippen LogP contribution >= 0.6 is 11.8 Å². The number of urea groups is 1. The standard InChI is InChI=1S/C27H34N4O2S/c1-5-31(6-2)27(32)28-17-14-21-20-8-7-9-23-25(20)22(15-24(21)30(3)16-17)26(29-23)34-19-12-10-18(33-4)11-13-19/h7-13,17,21,24,29H,5-6,14-16H2,1-4H3,(H,28,32)/t17-,21?,24+/m0/s1. The molecule has 1 aliphatic carbocycles. The Morgan fingerprint density at radius 1 is 1.21 bits per heavy atom. The number of carbonyl (C=O) groups is 1. The number of nitrogens with zero attached hydrogens (tertiary/aromatic N) is 2. The van der Waals surface area contributed by atoms with Crippen molar-refractivity contribution in [2.24, 2.45) is 0 Å². The fourth-order valence-electron chi connectivity index (χ4n) is 5.73. The lowest BCUT2D eigenvalue weighted by Crippen LogP contribution is -2.56. The summed E-state index contributed by atoms with van der Waals surface area (Å²) in [4.78, 5) is 22.0. The van der Waals surface area contributed by atoms with Crippen LogP contribution in [0.4, 0.5) is 4.79 Å². The van der Waals surface area contributed by atoms with Crippen molar-refractivity contribution in [2.45, 2.75) is 54.6 Å². The van der Waals surface area contributed by atoms with Crippen molar-refractivity contribution < 1.29 is 9.53 Å². The fraction of sp³-hybridized carbons (Fsp3) is 0.444. The summed E-state index contributed by atoms with van der Waals surface area (Å²) in [5, 5.41) is 5.92. The zero-order valence-corrected chi connectivity index (χ0v) is 21.2. The molecule has 0 radical (unpaired) electrons. The smallest absolute Gasteiger partial charge is 0.317 e. The van der Waals surface area contributed by atoms with Crippen molar-refractivity contribution in [1.29, 1.82) is 0 Å². The minimum atomic E-state index is 0.0522. The van der Waals surface area contributed by atoms with Gasteiger partial charge in [0.15, 0.2) is 0 Å². The number of piperidine rings is 1. The topological polar surface area (TPSA) is 60.6 Å². The second-order valence-corrected chi connectivity index (χ2v) is 10.4. The van der Waals surface area contributed by atoms with Gasteiger partial charge in [-0.3, -0.25) is 0 Å². The highest BCUT2D eigenvalue weighted by Crippen LogP contribution is 2.47. The van der Waals surface area contributed by atoms with E-state index in [1.807, 2.05) is 30.9 Å². The first-order valence-corrected chi connectivity index (χ1v) is 13.0. The molecular weight excluding hydrogens is 444 g/mol. The van der Waals surface area contributed by atoms with Crippen LogP contribution in [0, 0.1) is 0 Å². The first-order valence-electron chi connectivity index (χ1n) is 12.2. The molecule has 2 aliphatic rings. The maximum atomic E-state index is 12.7. The van der Waals surface area contributed by atoms with Gasteiger partial charge in [0, 0.05) is 53.4 Å². The molecule has 180 valence electrons. The summed E-state index contributed by atoms with van der Waals surface area (Å²) >= 11 is 1.79. The van der Waals surface area contributed by atoms with Gasteiger partial charge >= 0.3 is 6.03 Å². The van der Waals surface area contributed by atoms with Gasteiger partial charge in [-0.2, -0.15) is 0 Å². The Kier molecular flexibility index (Phi) is 6.49. The minimum Gasteiger partial charge on any atom is -0.497 e. The number of likely N-dealkylation sites (N-methyl/N-ethyl adjacent to an activating group) is 1. The van der Waals surface area contributed by atoms with Gasteiger partial charge in [0.05, 0.1) is 12.1 Å². The number of methoxy groups -OCH3 is 1. The number of nitrogens with one attached hydrogen (secondary N) is 2. The van der Waals surface area contributed by atoms with E-state index >= 15 is 0 Å². The monoisotopic (exact) mass is 478 g/mol. The van der Waals surface area contributed by atoms with E-state index in [1.165, 1.54) is 32.0 Å². The predicted molar refractivity (Wildman–Crippen MR) is 138 cm³/mol. The van der Waals surface area contributed by atoms with Crippen LogP contribution in [0.2, 0.25) is 0 Å². The van der Waals surface area contributed by atoms with Crippen molar-refractivity contribution in [3.05, 3.63) is 53.6 Å². The lowest BCUT2D eigenvalue weighted by molar-refractivity contribution is 0.123. The maximum Gasteiger partial charge on any atom is 0.317 e. The zero-order valence-electron chi connectivity index (χ0n) is 20.4. The number of fused-ring (bicyclic) bond motifs is 2. The number of hydrogen-bond acceptors (Lipinski definition) is 4. The largest absolute Gasteiger partial charge is 0.497 e. The van der Waals surface area contributed by atoms with Crippen LogP contribution in [0.15, 0.2) is 52.4 Å². The summed E-state index contributed by atoms with van der Waals surface area (Å²) in [7, 11) is 3.91. The van der Waals surface area contributed by atoms with Crippen LogP contribution in [0.5, 0.6) is 5.75 Å². The molecule has 1 aliphatic heterocycles. The SMILES string of the molecule is CCN(CC)C(=O)N[C@H]1CC2c3cccc4[nH]c(Sc5ccc(OC)cc5)c(c34)C[C@H]2N(C)C1. The van der Waals surface area contributed by atoms with E-state index in [2.05, 4.69) is 52.6 Å². The van der Waals surface area contributed by atoms with Crippen LogP contribution in [-0.2, 0) is 6.42 Å². The Bertz CT molecular complexity index is 1170. The molecule has 3 atom stereocenters. The van der Waals surface area contributed by atoms with Crippen molar-refractivity contribution in [3.63, 3.8) is 0 Å². The van der Waals surface area contributed by atoms with Gasteiger partial charge < -0.3 is 24.8 Å². The number of H-pyrrole nitrogens is 1. The fourth-order valence-corrected chi connectivity index (χ4v) is 6.70. The molecule has 6 nitrogen and oxygen atoms in total. The van der Waals surface area contributed by atoms with E-state index in [0.717, 1.165) is 38.2 Å². The first kappa shape index (κ1) is 23.1. The van der Waals surface area contributed by atoms with Gasteiger partial charge in [-0.05, 0) is 75.2 Å². The Morgan fingerprint density at radius 3 is 2.68 bits per heavy atom. The molecule has 2 amide bonds. The third-order valence-electron chi connectivity index (χ3n) is 7.47. The van der Waals surface area contributed by atoms with Gasteiger partial charge in [0.25, 0.3) is 0 Å². The van der Waals surface area contributed by atoms with Crippen LogP contribution < -0.4 is 10.1 Å². The molecule has 7 heteroatoms. The van der Waals surface area contributed by atoms with Crippen LogP contribution in [0.1, 0.15) is 37.3 Å². The van der Waals surface area contributed by atoms with Gasteiger partial charge in [0.2, 0.25) is 0 Å². The number of likely N-dealkylation sites (tertiary alicyclic amines) is 1. The third-order valence-corrected chi connectivity index (χ3v) is 8.53. The molecule has 2 aromatic carbocycles. The maximum absolute atomic E-state index is 12.7. The number of ether oxygens (including phenoxy) is 1. The van der Waals surface area contributed by atoms with E-state index in [9.17, 15) is 4.79 Å². The second kappa shape index (κ2) is 9.55. The quantitative estimate of drug-likeness (QED) is 0.518. The van der Waals surface area contributed by atoms with Crippen LogP contribution in [0.3, 0.4) is 0 Å². The molecule has 1 fully saturated rings. The molecular formula is C27H34N4O2S. The molecule has 0 bridgehead atoms.